The van der Waals surface area contributed by atoms with Crippen LogP contribution in [0.25, 0.3) is 21.6 Å². The van der Waals surface area contributed by atoms with Gasteiger partial charge in [0, 0.05) is 42.9 Å². The Morgan fingerprint density at radius 3 is 2.39 bits per heavy atom. The molecule has 1 saturated carbocycles. The first-order valence-corrected chi connectivity index (χ1v) is 24.0. The highest BCUT2D eigenvalue weighted by molar-refractivity contribution is 7.87. The number of thiazole rings is 1. The summed E-state index contributed by atoms with van der Waals surface area (Å²) < 4.78 is 43.0. The number of rotatable bonds is 10. The second kappa shape index (κ2) is 18.3. The number of alkyl carbamates (subject to hydrolysis) is 1. The molecule has 1 aromatic carbocycles. The quantitative estimate of drug-likeness (QED) is 0.188. The number of amides is 4. The molecule has 1 aliphatic carbocycles. The highest BCUT2D eigenvalue weighted by Crippen LogP contribution is 2.46. The van der Waals surface area contributed by atoms with Gasteiger partial charge in [0.1, 0.15) is 39.9 Å². The van der Waals surface area contributed by atoms with Gasteiger partial charge in [-0.05, 0) is 84.3 Å². The fraction of sp³-hybridized carbons (Fsp3) is 0.636. The molecule has 5 atom stereocenters. The van der Waals surface area contributed by atoms with Gasteiger partial charge in [0.15, 0.2) is 0 Å². The Kier molecular flexibility index (Phi) is 13.8. The zero-order valence-corrected chi connectivity index (χ0v) is 39.5. The van der Waals surface area contributed by atoms with E-state index in [-0.39, 0.29) is 31.3 Å². The Labute approximate surface area is 369 Å². The van der Waals surface area contributed by atoms with E-state index in [1.54, 1.807) is 32.1 Å². The van der Waals surface area contributed by atoms with Crippen molar-refractivity contribution >= 4 is 56.4 Å². The summed E-state index contributed by atoms with van der Waals surface area (Å²) in [5.41, 5.74) is 1.12. The van der Waals surface area contributed by atoms with Crippen LogP contribution in [-0.2, 0) is 29.3 Å². The van der Waals surface area contributed by atoms with E-state index in [0.717, 1.165) is 38.9 Å². The maximum Gasteiger partial charge on any atom is 0.408 e. The summed E-state index contributed by atoms with van der Waals surface area (Å²) in [6.45, 7) is 17.9. The summed E-state index contributed by atoms with van der Waals surface area (Å²) in [4.78, 5) is 69.2. The molecule has 0 bridgehead atoms. The minimum atomic E-state index is -4.19. The second-order valence-electron chi connectivity index (χ2n) is 18.8. The molecule has 0 spiro atoms. The number of aromatic nitrogens is 3. The molecular weight excluding hydrogens is 833 g/mol. The maximum absolute atomic E-state index is 14.7. The summed E-state index contributed by atoms with van der Waals surface area (Å²) in [6, 6.07) is 4.04. The van der Waals surface area contributed by atoms with Gasteiger partial charge in [0.2, 0.25) is 11.8 Å². The molecule has 6 rings (SSSR count). The molecule has 1 saturated heterocycles. The predicted molar refractivity (Wildman–Crippen MR) is 239 cm³/mol. The van der Waals surface area contributed by atoms with Gasteiger partial charge in [-0.2, -0.15) is 17.7 Å². The van der Waals surface area contributed by atoms with E-state index in [1.165, 1.54) is 23.9 Å². The van der Waals surface area contributed by atoms with Crippen LogP contribution in [-0.4, -0.2) is 106 Å². The van der Waals surface area contributed by atoms with Crippen LogP contribution in [0, 0.1) is 5.92 Å². The van der Waals surface area contributed by atoms with Crippen LogP contribution in [0.1, 0.15) is 136 Å². The van der Waals surface area contributed by atoms with Crippen molar-refractivity contribution in [1.82, 2.24) is 39.1 Å². The molecule has 62 heavy (non-hydrogen) atoms. The van der Waals surface area contributed by atoms with Gasteiger partial charge in [0.25, 0.3) is 11.9 Å². The summed E-state index contributed by atoms with van der Waals surface area (Å²) in [5, 5.41) is 6.53. The number of nitrogens with zero attached hydrogens (tertiary/aromatic N) is 5. The van der Waals surface area contributed by atoms with Crippen LogP contribution >= 0.6 is 11.3 Å². The molecule has 4 amide bonds. The molecule has 4 heterocycles. The van der Waals surface area contributed by atoms with Gasteiger partial charge in [-0.15, -0.1) is 11.3 Å². The molecule has 0 unspecified atom stereocenters. The number of ether oxygens (including phenoxy) is 2. The number of hydrogen-bond acceptors (Lipinski definition) is 11. The summed E-state index contributed by atoms with van der Waals surface area (Å²) in [5.74, 6) is -1.93. The SMILES string of the molecule is CC(C)c1nc(-c2cccc3c2nc(O[C@@H]2C[C@H]4C(=O)N[C@]5(C(=O)NS(=O)(=O)N(C)C)C[C@H]5/C=C\CCCCC[C@H](NC(=O)OC(C)(C)C)C(=O)N4C2)n3C(C)C)sc1C(C)C. The number of benzene rings is 1. The van der Waals surface area contributed by atoms with Gasteiger partial charge in [-0.25, -0.2) is 14.5 Å². The summed E-state index contributed by atoms with van der Waals surface area (Å²) in [7, 11) is -1.58. The number of hydrogen-bond donors (Lipinski definition) is 3. The third-order valence-corrected chi connectivity index (χ3v) is 14.3. The Morgan fingerprint density at radius 1 is 1.03 bits per heavy atom. The van der Waals surface area contributed by atoms with E-state index in [4.69, 9.17) is 19.4 Å². The molecule has 2 fully saturated rings. The number of allylic oxidation sites excluding steroid dienone is 1. The fourth-order valence-corrected chi connectivity index (χ4v) is 10.0. The number of imidazole rings is 1. The predicted octanol–water partition coefficient (Wildman–Crippen LogP) is 6.55. The number of para-hydroxylation sites is 1. The Morgan fingerprint density at radius 2 is 1.76 bits per heavy atom. The Bertz CT molecular complexity index is 2290. The monoisotopic (exact) mass is 896 g/mol. The van der Waals surface area contributed by atoms with Crippen molar-refractivity contribution in [3.05, 3.63) is 40.9 Å². The van der Waals surface area contributed by atoms with Gasteiger partial charge in [0.05, 0.1) is 17.8 Å². The van der Waals surface area contributed by atoms with Gasteiger partial charge >= 0.3 is 16.3 Å². The van der Waals surface area contributed by atoms with Crippen molar-refractivity contribution in [2.75, 3.05) is 20.6 Å². The van der Waals surface area contributed by atoms with Crippen LogP contribution in [0.3, 0.4) is 0 Å². The van der Waals surface area contributed by atoms with Crippen LogP contribution in [0.15, 0.2) is 30.4 Å². The van der Waals surface area contributed by atoms with Gasteiger partial charge in [-0.1, -0.05) is 58.8 Å². The lowest BCUT2D eigenvalue weighted by molar-refractivity contribution is -0.141. The smallest absolute Gasteiger partial charge is 0.408 e. The Balaban J connectivity index is 1.38. The van der Waals surface area contributed by atoms with E-state index in [0.29, 0.717) is 36.7 Å². The lowest BCUT2D eigenvalue weighted by Gasteiger charge is -2.30. The van der Waals surface area contributed by atoms with E-state index in [1.807, 2.05) is 48.8 Å². The van der Waals surface area contributed by atoms with Crippen LogP contribution in [0.5, 0.6) is 6.01 Å². The second-order valence-corrected chi connectivity index (χ2v) is 21.8. The van der Waals surface area contributed by atoms with Crippen LogP contribution in [0.4, 0.5) is 4.79 Å². The van der Waals surface area contributed by atoms with E-state index < -0.39 is 69.3 Å². The third kappa shape index (κ3) is 10.1. The lowest BCUT2D eigenvalue weighted by atomic mass is 10.0. The number of fused-ring (bicyclic) bond motifs is 3. The first-order valence-electron chi connectivity index (χ1n) is 21.7. The zero-order valence-electron chi connectivity index (χ0n) is 37.9. The van der Waals surface area contributed by atoms with E-state index in [9.17, 15) is 27.6 Å². The summed E-state index contributed by atoms with van der Waals surface area (Å²) >= 11 is 1.67. The van der Waals surface area contributed by atoms with Crippen LogP contribution in [0.2, 0.25) is 0 Å². The summed E-state index contributed by atoms with van der Waals surface area (Å²) in [6.07, 6.45) is 5.61. The molecule has 0 radical (unpaired) electrons. The standard InChI is InChI=1S/C44H64N8O8S2/c1-25(2)34-36(26(3)4)61-38(46-34)30-19-17-21-32-35(30)47-41(52(32)27(5)6)59-29-22-33-37(53)48-44(40(55)49-62(57,58)50(10)11)23-28(44)18-15-13-12-14-16-20-31(39(54)51(33)24-29)45-42(56)60-43(7,8)9/h15,17-19,21,25-29,31,33H,12-14,16,20,22-24H2,1-11H3,(H,45,56)(H,48,53)(H,49,55)/b18-15-/t28-,29-,31+,33+,44-/m1/s1. The minimum absolute atomic E-state index is 0.0288. The molecular formula is C44H64N8O8S2. The molecule has 3 aliphatic rings. The Hall–Kier alpha value is -4.55. The van der Waals surface area contributed by atoms with E-state index >= 15 is 0 Å². The molecule has 340 valence electrons. The minimum Gasteiger partial charge on any atom is -0.459 e. The van der Waals surface area contributed by atoms with Crippen molar-refractivity contribution in [3.63, 3.8) is 0 Å². The van der Waals surface area contributed by atoms with Gasteiger partial charge < -0.3 is 25.0 Å². The van der Waals surface area contributed by atoms with Crippen LogP contribution < -0.4 is 20.1 Å². The first-order chi connectivity index (χ1) is 29.0. The molecule has 3 aromatic rings. The number of nitrogens with one attached hydrogen (secondary N) is 3. The fourth-order valence-electron chi connectivity index (χ4n) is 8.20. The largest absolute Gasteiger partial charge is 0.459 e. The molecule has 3 N–H and O–H groups in total. The van der Waals surface area contributed by atoms with E-state index in [2.05, 4.69) is 43.1 Å². The van der Waals surface area contributed by atoms with Crippen molar-refractivity contribution in [1.29, 1.82) is 0 Å². The van der Waals surface area contributed by atoms with Crippen molar-refractivity contribution in [2.24, 2.45) is 5.92 Å². The normalized spacial score (nSPS) is 24.4. The van der Waals surface area contributed by atoms with Crippen molar-refractivity contribution in [3.8, 4) is 16.6 Å². The third-order valence-electron chi connectivity index (χ3n) is 11.5. The van der Waals surface area contributed by atoms with Gasteiger partial charge in [-0.3, -0.25) is 19.0 Å². The lowest BCUT2D eigenvalue weighted by Crippen LogP contribution is -2.58. The average molecular weight is 897 g/mol. The maximum atomic E-state index is 14.7. The molecule has 2 aliphatic heterocycles. The number of carbonyl (C=O) groups is 4. The highest BCUT2D eigenvalue weighted by Gasteiger charge is 2.62. The van der Waals surface area contributed by atoms with Crippen molar-refractivity contribution < 1.29 is 37.1 Å². The number of carbonyl (C=O) groups excluding carboxylic acids is 4. The van der Waals surface area contributed by atoms with Crippen molar-refractivity contribution in [2.45, 2.75) is 154 Å². The topological polar surface area (TPSA) is 194 Å². The zero-order chi connectivity index (χ0) is 45.5. The molecule has 16 nitrogen and oxygen atoms in total. The highest BCUT2D eigenvalue weighted by atomic mass is 32.2. The first kappa shape index (κ1) is 46.9. The molecule has 18 heteroatoms. The molecule has 2 aromatic heterocycles. The average Bonchev–Trinajstić information content (AvgIpc) is 3.50.